The molecular formula is C24H16BrIN2O4. The fourth-order valence-corrected chi connectivity index (χ4v) is 4.62. The first-order valence-electron chi connectivity index (χ1n) is 9.71. The molecule has 0 radical (unpaired) electrons. The molecule has 1 atom stereocenters. The van der Waals surface area contributed by atoms with Crippen molar-refractivity contribution in [3.8, 4) is 29.1 Å². The first kappa shape index (κ1) is 21.0. The molecule has 0 saturated carbocycles. The summed E-state index contributed by atoms with van der Waals surface area (Å²) in [4.78, 5) is 0. The summed E-state index contributed by atoms with van der Waals surface area (Å²) in [6.07, 6.45) is 0. The molecule has 0 bridgehead atoms. The molecule has 6 nitrogen and oxygen atoms in total. The second-order valence-corrected chi connectivity index (χ2v) is 9.37. The summed E-state index contributed by atoms with van der Waals surface area (Å²) in [7, 11) is 0. The molecule has 0 aromatic heterocycles. The van der Waals surface area contributed by atoms with Gasteiger partial charge < -0.3 is 24.7 Å². The van der Waals surface area contributed by atoms with Crippen LogP contribution in [-0.2, 0) is 6.61 Å². The first-order chi connectivity index (χ1) is 15.5. The van der Waals surface area contributed by atoms with Crippen molar-refractivity contribution in [3.05, 3.63) is 90.8 Å². The third-order valence-electron chi connectivity index (χ3n) is 5.31. The largest absolute Gasteiger partial charge is 0.488 e. The van der Waals surface area contributed by atoms with Gasteiger partial charge in [0.25, 0.3) is 0 Å². The SMILES string of the molecule is N#CC1=C(N)Oc2cc3c(cc2[C@H]1c1ccc(OCc2ccc(I)cc2)c(Br)c1)OCO3. The minimum Gasteiger partial charge on any atom is -0.488 e. The molecule has 0 amide bonds. The number of nitriles is 1. The van der Waals surface area contributed by atoms with Crippen LogP contribution in [0, 0.1) is 14.9 Å². The van der Waals surface area contributed by atoms with E-state index in [-0.39, 0.29) is 12.7 Å². The Hall–Kier alpha value is -2.90. The van der Waals surface area contributed by atoms with Crippen LogP contribution >= 0.6 is 38.5 Å². The fraction of sp³-hybridized carbons (Fsp3) is 0.125. The Morgan fingerprint density at radius 1 is 1.06 bits per heavy atom. The van der Waals surface area contributed by atoms with Crippen LogP contribution < -0.4 is 24.7 Å². The maximum Gasteiger partial charge on any atom is 0.231 e. The van der Waals surface area contributed by atoms with Crippen LogP contribution in [0.15, 0.2) is 70.5 Å². The third kappa shape index (κ3) is 3.87. The van der Waals surface area contributed by atoms with E-state index in [0.717, 1.165) is 21.2 Å². The maximum atomic E-state index is 9.81. The van der Waals surface area contributed by atoms with Crippen LogP contribution in [0.1, 0.15) is 22.6 Å². The van der Waals surface area contributed by atoms with E-state index < -0.39 is 5.92 Å². The summed E-state index contributed by atoms with van der Waals surface area (Å²) in [6.45, 7) is 0.601. The van der Waals surface area contributed by atoms with Crippen molar-refractivity contribution in [1.82, 2.24) is 0 Å². The van der Waals surface area contributed by atoms with E-state index >= 15 is 0 Å². The van der Waals surface area contributed by atoms with Gasteiger partial charge in [-0.25, -0.2) is 0 Å². The molecule has 5 rings (SSSR count). The zero-order valence-electron chi connectivity index (χ0n) is 16.6. The highest BCUT2D eigenvalue weighted by Crippen LogP contribution is 2.48. The van der Waals surface area contributed by atoms with E-state index in [1.54, 1.807) is 6.07 Å². The van der Waals surface area contributed by atoms with E-state index in [1.165, 1.54) is 3.57 Å². The van der Waals surface area contributed by atoms with E-state index in [4.69, 9.17) is 24.7 Å². The number of hydrogen-bond donors (Lipinski definition) is 1. The molecule has 2 heterocycles. The summed E-state index contributed by atoms with van der Waals surface area (Å²) in [5.41, 5.74) is 9.19. The van der Waals surface area contributed by atoms with Crippen LogP contribution in [0.25, 0.3) is 0 Å². The average Bonchev–Trinajstić information content (AvgIpc) is 3.24. The normalized spacial score (nSPS) is 16.2. The van der Waals surface area contributed by atoms with Crippen LogP contribution in [0.4, 0.5) is 0 Å². The molecule has 0 unspecified atom stereocenters. The molecule has 0 aliphatic carbocycles. The quantitative estimate of drug-likeness (QED) is 0.392. The van der Waals surface area contributed by atoms with Crippen LogP contribution in [-0.4, -0.2) is 6.79 Å². The van der Waals surface area contributed by atoms with Crippen molar-refractivity contribution in [3.63, 3.8) is 0 Å². The van der Waals surface area contributed by atoms with E-state index in [2.05, 4.69) is 44.6 Å². The van der Waals surface area contributed by atoms with Gasteiger partial charge in [0, 0.05) is 15.2 Å². The smallest absolute Gasteiger partial charge is 0.231 e. The lowest BCUT2D eigenvalue weighted by Crippen LogP contribution is -2.21. The van der Waals surface area contributed by atoms with E-state index in [9.17, 15) is 5.26 Å². The Bertz CT molecular complexity index is 1280. The van der Waals surface area contributed by atoms with E-state index in [1.807, 2.05) is 48.5 Å². The van der Waals surface area contributed by atoms with Crippen LogP contribution in [0.5, 0.6) is 23.0 Å². The molecule has 3 aromatic carbocycles. The summed E-state index contributed by atoms with van der Waals surface area (Å²) in [5.74, 6) is 2.15. The zero-order valence-corrected chi connectivity index (χ0v) is 20.3. The number of halogens is 2. The number of nitrogens with zero attached hydrogens (tertiary/aromatic N) is 1. The number of hydrogen-bond acceptors (Lipinski definition) is 6. The summed E-state index contributed by atoms with van der Waals surface area (Å²) in [5, 5.41) is 9.81. The van der Waals surface area contributed by atoms with Gasteiger partial charge in [-0.1, -0.05) is 18.2 Å². The van der Waals surface area contributed by atoms with Crippen LogP contribution in [0.2, 0.25) is 0 Å². The van der Waals surface area contributed by atoms with Crippen molar-refractivity contribution >= 4 is 38.5 Å². The van der Waals surface area contributed by atoms with Gasteiger partial charge in [-0.2, -0.15) is 5.26 Å². The standard InChI is InChI=1S/C24H16BrIN2O4/c25-18-7-14(3-6-19(18)29-11-13-1-4-15(26)5-2-13)23-16-8-21-22(31-12-30-21)9-20(16)32-24(28)17(23)10-27/h1-9,23H,11-12,28H2/t23-/m1/s1. The molecule has 2 aliphatic rings. The lowest BCUT2D eigenvalue weighted by molar-refractivity contribution is 0.174. The molecule has 0 saturated heterocycles. The van der Waals surface area contributed by atoms with E-state index in [0.29, 0.717) is 35.2 Å². The Morgan fingerprint density at radius 2 is 1.81 bits per heavy atom. The lowest BCUT2D eigenvalue weighted by atomic mass is 9.83. The molecule has 2 aliphatic heterocycles. The van der Waals surface area contributed by atoms with Crippen LogP contribution in [0.3, 0.4) is 0 Å². The Balaban J connectivity index is 1.48. The number of allylic oxidation sites excluding steroid dienone is 1. The second kappa shape index (κ2) is 8.56. The predicted molar refractivity (Wildman–Crippen MR) is 129 cm³/mol. The lowest BCUT2D eigenvalue weighted by Gasteiger charge is -2.27. The second-order valence-electron chi connectivity index (χ2n) is 7.27. The van der Waals surface area contributed by atoms with Gasteiger partial charge in [-0.3, -0.25) is 0 Å². The van der Waals surface area contributed by atoms with Crippen molar-refractivity contribution < 1.29 is 18.9 Å². The van der Waals surface area contributed by atoms with Gasteiger partial charge in [-0.15, -0.1) is 0 Å². The molecule has 32 heavy (non-hydrogen) atoms. The maximum absolute atomic E-state index is 9.81. The van der Waals surface area contributed by atoms with Gasteiger partial charge in [0.15, 0.2) is 11.5 Å². The van der Waals surface area contributed by atoms with Gasteiger partial charge in [0.1, 0.15) is 29.7 Å². The predicted octanol–water partition coefficient (Wildman–Crippen LogP) is 5.58. The zero-order chi connectivity index (χ0) is 22.2. The average molecular weight is 603 g/mol. The minimum atomic E-state index is -0.403. The molecule has 8 heteroatoms. The third-order valence-corrected chi connectivity index (χ3v) is 6.65. The van der Waals surface area contributed by atoms with Gasteiger partial charge >= 0.3 is 0 Å². The topological polar surface area (TPSA) is 86.7 Å². The first-order valence-corrected chi connectivity index (χ1v) is 11.6. The van der Waals surface area contributed by atoms with Gasteiger partial charge in [0.2, 0.25) is 12.7 Å². The molecule has 160 valence electrons. The summed E-state index contributed by atoms with van der Waals surface area (Å²) in [6, 6.07) is 19.7. The highest BCUT2D eigenvalue weighted by molar-refractivity contribution is 14.1. The van der Waals surface area contributed by atoms with Crippen molar-refractivity contribution in [2.24, 2.45) is 5.73 Å². The monoisotopic (exact) mass is 602 g/mol. The number of ether oxygens (including phenoxy) is 4. The molecule has 0 fully saturated rings. The van der Waals surface area contributed by atoms with Gasteiger partial charge in [0.05, 0.1) is 10.4 Å². The molecule has 0 spiro atoms. The Labute approximate surface area is 206 Å². The minimum absolute atomic E-state index is 0.0824. The fourth-order valence-electron chi connectivity index (χ4n) is 3.75. The highest BCUT2D eigenvalue weighted by atomic mass is 127. The van der Waals surface area contributed by atoms with Gasteiger partial charge in [-0.05, 0) is 80.0 Å². The number of benzene rings is 3. The summed E-state index contributed by atoms with van der Waals surface area (Å²) < 4.78 is 24.7. The van der Waals surface area contributed by atoms with Crippen molar-refractivity contribution in [2.75, 3.05) is 6.79 Å². The molecule has 3 aromatic rings. The summed E-state index contributed by atoms with van der Waals surface area (Å²) >= 11 is 5.89. The number of nitrogens with two attached hydrogens (primary N) is 1. The Morgan fingerprint density at radius 3 is 2.53 bits per heavy atom. The number of fused-ring (bicyclic) bond motifs is 2. The number of rotatable bonds is 4. The molecule has 2 N–H and O–H groups in total. The molecular weight excluding hydrogens is 587 g/mol. The van der Waals surface area contributed by atoms with Crippen molar-refractivity contribution in [1.29, 1.82) is 5.26 Å². The van der Waals surface area contributed by atoms with Crippen molar-refractivity contribution in [2.45, 2.75) is 12.5 Å². The Kier molecular flexibility index (Phi) is 5.61. The highest BCUT2D eigenvalue weighted by Gasteiger charge is 2.33.